The Kier molecular flexibility index (Phi) is 2.11. The van der Waals surface area contributed by atoms with Crippen LogP contribution in [0.1, 0.15) is 13.3 Å². The highest BCUT2D eigenvalue weighted by atomic mass is 14.6. The van der Waals surface area contributed by atoms with E-state index in [1.54, 1.807) is 0 Å². The number of rotatable bonds is 1. The van der Waals surface area contributed by atoms with Crippen molar-refractivity contribution in [1.29, 1.82) is 0 Å². The van der Waals surface area contributed by atoms with Crippen LogP contribution in [-0.2, 0) is 0 Å². The second-order valence-electron chi connectivity index (χ2n) is 2.98. The fourth-order valence-electron chi connectivity index (χ4n) is 1.35. The second kappa shape index (κ2) is 3.42. The molecule has 0 spiro atoms. The minimum atomic E-state index is 1.01. The number of hydrogen-bond donors (Lipinski definition) is 0. The lowest BCUT2D eigenvalue weighted by atomic mass is 10.2. The van der Waals surface area contributed by atoms with E-state index in [1.165, 1.54) is 10.8 Å². The van der Waals surface area contributed by atoms with Crippen molar-refractivity contribution in [3.63, 3.8) is 0 Å². The summed E-state index contributed by atoms with van der Waals surface area (Å²) < 4.78 is 0. The van der Waals surface area contributed by atoms with E-state index in [0.717, 1.165) is 11.8 Å². The molecule has 1 aliphatic rings. The molecular formula is C12H11N. The van der Waals surface area contributed by atoms with Crippen molar-refractivity contribution in [1.82, 2.24) is 4.98 Å². The van der Waals surface area contributed by atoms with E-state index in [4.69, 9.17) is 0 Å². The van der Waals surface area contributed by atoms with Crippen molar-refractivity contribution in [2.24, 2.45) is 0 Å². The third-order valence-corrected chi connectivity index (χ3v) is 2.09. The minimum absolute atomic E-state index is 1.01. The van der Waals surface area contributed by atoms with Crippen LogP contribution < -0.4 is 10.6 Å². The summed E-state index contributed by atoms with van der Waals surface area (Å²) >= 11 is 0. The third kappa shape index (κ3) is 1.61. The van der Waals surface area contributed by atoms with Gasteiger partial charge in [0.05, 0.1) is 5.35 Å². The molecule has 1 heteroatoms. The molecule has 0 amide bonds. The average molecular weight is 169 g/mol. The van der Waals surface area contributed by atoms with Crippen LogP contribution in [0.3, 0.4) is 0 Å². The largest absolute Gasteiger partial charge is 0.256 e. The molecule has 0 aromatic carbocycles. The number of nitrogens with zero attached hydrogens (tertiary/aromatic N) is 1. The molecule has 0 saturated heterocycles. The lowest BCUT2D eigenvalue weighted by molar-refractivity contribution is 1.17. The maximum absolute atomic E-state index is 4.28. The summed E-state index contributed by atoms with van der Waals surface area (Å²) in [6.45, 7) is 2.13. The van der Waals surface area contributed by atoms with Crippen molar-refractivity contribution >= 4 is 12.2 Å². The van der Waals surface area contributed by atoms with Crippen LogP contribution in [0, 0.1) is 0 Å². The average Bonchev–Trinajstić information content (AvgIpc) is 2.38. The molecule has 1 aromatic heterocycles. The highest BCUT2D eigenvalue weighted by Crippen LogP contribution is 1.99. The van der Waals surface area contributed by atoms with Crippen LogP contribution in [0.4, 0.5) is 0 Å². The molecule has 0 atom stereocenters. The predicted molar refractivity (Wildman–Crippen MR) is 54.3 cm³/mol. The smallest absolute Gasteiger partial charge is 0.0708 e. The Morgan fingerprint density at radius 1 is 1.46 bits per heavy atom. The second-order valence-corrected chi connectivity index (χ2v) is 2.98. The van der Waals surface area contributed by atoms with Gasteiger partial charge in [0.2, 0.25) is 0 Å². The van der Waals surface area contributed by atoms with E-state index < -0.39 is 0 Å². The van der Waals surface area contributed by atoms with E-state index in [-0.39, 0.29) is 0 Å². The number of aromatic nitrogens is 1. The zero-order valence-corrected chi connectivity index (χ0v) is 7.62. The van der Waals surface area contributed by atoms with Gasteiger partial charge in [0.1, 0.15) is 0 Å². The molecule has 0 bridgehead atoms. The topological polar surface area (TPSA) is 12.9 Å². The van der Waals surface area contributed by atoms with Crippen molar-refractivity contribution < 1.29 is 0 Å². The van der Waals surface area contributed by atoms with Crippen molar-refractivity contribution in [3.05, 3.63) is 46.3 Å². The molecule has 0 fully saturated rings. The van der Waals surface area contributed by atoms with Gasteiger partial charge in [-0.25, -0.2) is 0 Å². The van der Waals surface area contributed by atoms with Crippen LogP contribution in [0.5, 0.6) is 0 Å². The lowest BCUT2D eigenvalue weighted by Crippen LogP contribution is -2.26. The Morgan fingerprint density at radius 3 is 3.23 bits per heavy atom. The fraction of sp³-hybridized carbons (Fsp3) is 0.167. The summed E-state index contributed by atoms with van der Waals surface area (Å²) in [5.74, 6) is 0. The Labute approximate surface area is 77.4 Å². The van der Waals surface area contributed by atoms with Gasteiger partial charge in [-0.05, 0) is 36.3 Å². The molecule has 0 radical (unpaired) electrons. The van der Waals surface area contributed by atoms with E-state index >= 15 is 0 Å². The Morgan fingerprint density at radius 2 is 2.38 bits per heavy atom. The van der Waals surface area contributed by atoms with Crippen molar-refractivity contribution in [2.45, 2.75) is 13.3 Å². The highest BCUT2D eigenvalue weighted by molar-refractivity contribution is 5.51. The van der Waals surface area contributed by atoms with Crippen LogP contribution in [-0.4, -0.2) is 4.98 Å². The number of fused-ring (bicyclic) bond motifs is 1. The zero-order valence-electron chi connectivity index (χ0n) is 7.62. The van der Waals surface area contributed by atoms with Crippen molar-refractivity contribution in [3.8, 4) is 0 Å². The lowest BCUT2D eigenvalue weighted by Gasteiger charge is -1.90. The van der Waals surface area contributed by atoms with E-state index in [9.17, 15) is 0 Å². The van der Waals surface area contributed by atoms with Crippen LogP contribution >= 0.6 is 0 Å². The minimum Gasteiger partial charge on any atom is -0.256 e. The van der Waals surface area contributed by atoms with E-state index in [1.807, 2.05) is 24.4 Å². The maximum atomic E-state index is 4.28. The first-order valence-electron chi connectivity index (χ1n) is 4.49. The van der Waals surface area contributed by atoms with Gasteiger partial charge >= 0.3 is 0 Å². The summed E-state index contributed by atoms with van der Waals surface area (Å²) in [5.41, 5.74) is 4.44. The first kappa shape index (κ1) is 8.03. The SMILES string of the molecule is CCC1=C=CC=c2ncccc2=C1. The number of pyridine rings is 1. The molecule has 1 heterocycles. The molecule has 0 aliphatic heterocycles. The van der Waals surface area contributed by atoms with Gasteiger partial charge in [-0.15, -0.1) is 5.73 Å². The molecule has 2 rings (SSSR count). The van der Waals surface area contributed by atoms with Gasteiger partial charge in [-0.3, -0.25) is 4.98 Å². The van der Waals surface area contributed by atoms with E-state index in [2.05, 4.69) is 29.8 Å². The van der Waals surface area contributed by atoms with E-state index in [0.29, 0.717) is 0 Å². The first-order valence-corrected chi connectivity index (χ1v) is 4.49. The van der Waals surface area contributed by atoms with Gasteiger partial charge in [-0.2, -0.15) is 0 Å². The van der Waals surface area contributed by atoms with Gasteiger partial charge in [0.15, 0.2) is 0 Å². The van der Waals surface area contributed by atoms with Crippen LogP contribution in [0.15, 0.2) is 35.7 Å². The fourth-order valence-corrected chi connectivity index (χ4v) is 1.35. The molecule has 1 aliphatic carbocycles. The normalized spacial score (nSPS) is 13.5. The standard InChI is InChI=1S/C12H11N/c1-2-10-5-3-7-12-11(9-10)6-4-8-13-12/h3-4,6-9H,2H2,1H3. The van der Waals surface area contributed by atoms with Gasteiger partial charge in [0.25, 0.3) is 0 Å². The molecule has 1 nitrogen and oxygen atoms in total. The van der Waals surface area contributed by atoms with Crippen LogP contribution in [0.25, 0.3) is 12.2 Å². The van der Waals surface area contributed by atoms with Crippen LogP contribution in [0.2, 0.25) is 0 Å². The monoisotopic (exact) mass is 169 g/mol. The zero-order chi connectivity index (χ0) is 9.10. The molecule has 0 unspecified atom stereocenters. The quantitative estimate of drug-likeness (QED) is 0.575. The summed E-state index contributed by atoms with van der Waals surface area (Å²) in [4.78, 5) is 4.28. The Balaban J connectivity index is 2.73. The van der Waals surface area contributed by atoms with Gasteiger partial charge in [-0.1, -0.05) is 13.0 Å². The number of allylic oxidation sites excluding steroid dienone is 1. The van der Waals surface area contributed by atoms with Gasteiger partial charge < -0.3 is 0 Å². The third-order valence-electron chi connectivity index (χ3n) is 2.09. The molecule has 1 aromatic rings. The molecule has 0 saturated carbocycles. The molecule has 13 heavy (non-hydrogen) atoms. The summed E-state index contributed by atoms with van der Waals surface area (Å²) in [5, 5.41) is 2.21. The first-order chi connectivity index (χ1) is 6.40. The summed E-state index contributed by atoms with van der Waals surface area (Å²) in [6, 6.07) is 4.04. The number of hydrogen-bond acceptors (Lipinski definition) is 1. The summed E-state index contributed by atoms with van der Waals surface area (Å²) in [7, 11) is 0. The maximum Gasteiger partial charge on any atom is 0.0708 e. The molecule has 64 valence electrons. The molecule has 0 N–H and O–H groups in total. The molecular weight excluding hydrogens is 158 g/mol. The van der Waals surface area contributed by atoms with Crippen molar-refractivity contribution in [2.75, 3.05) is 0 Å². The Bertz CT molecular complexity index is 488. The van der Waals surface area contributed by atoms with Gasteiger partial charge in [0, 0.05) is 11.4 Å². The predicted octanol–water partition coefficient (Wildman–Crippen LogP) is 1.15. The highest BCUT2D eigenvalue weighted by Gasteiger charge is 1.91. The summed E-state index contributed by atoms with van der Waals surface area (Å²) in [6.07, 6.45) is 8.90. The Hall–Kier alpha value is -1.59.